The van der Waals surface area contributed by atoms with Gasteiger partial charge in [-0.2, -0.15) is 0 Å². The summed E-state index contributed by atoms with van der Waals surface area (Å²) in [5.41, 5.74) is 18.8. The summed E-state index contributed by atoms with van der Waals surface area (Å²) in [6.45, 7) is 7.37. The molecule has 0 saturated carbocycles. The fraction of sp³-hybridized carbons (Fsp3) is 0.566. The molecule has 0 radical (unpaired) electrons. The van der Waals surface area contributed by atoms with Gasteiger partial charge < -0.3 is 80.4 Å². The maximum absolute atomic E-state index is 14.3. The van der Waals surface area contributed by atoms with E-state index in [1.54, 1.807) is 58.0 Å². The van der Waals surface area contributed by atoms with Crippen molar-refractivity contribution in [2.24, 2.45) is 29.0 Å². The van der Waals surface area contributed by atoms with Crippen molar-refractivity contribution in [2.45, 2.75) is 154 Å². The second-order valence-corrected chi connectivity index (χ2v) is 19.8. The Morgan fingerprint density at radius 2 is 1.00 bits per heavy atom. The van der Waals surface area contributed by atoms with Gasteiger partial charge >= 0.3 is 11.9 Å². The Labute approximate surface area is 460 Å². The standard InChI is InChI=1S/C53H82N12O14/c1-6-31(4)45(65-46(71)36(56)25-33-14-8-7-9-15-33)52(77)64-41(27-44(69)70)51(76)62-39(24-30(2)3)50(75)61-38(17-11-13-23-55)49(74)63-40(26-34-18-20-35(66)21-19-34)48(73)58-29-43(68)60-37(16-10-12-22-54)47(72)57-28-42(67)59-32(5)53(78)79/h7-9,14-15,18-21,30-32,36-41,45,66H,6,10-13,16-17,22-29,54-56H2,1-5H3,(H,57,72)(H,58,73)(H,59,67)(H,60,68)(H,61,75)(H,62,76)(H,63,74)(H,64,77)(H,65,71)(H,69,70)(H,78,79)/t31-,32-,36-,37-,38-,39-,40-,41-,45-/m0/s1. The molecule has 0 aliphatic carbocycles. The average molecular weight is 1110 g/mol. The van der Waals surface area contributed by atoms with Gasteiger partial charge in [0, 0.05) is 6.42 Å². The number of carboxylic acids is 2. The molecule has 438 valence electrons. The number of benzene rings is 2. The predicted octanol–water partition coefficient (Wildman–Crippen LogP) is -1.94. The Morgan fingerprint density at radius 1 is 0.519 bits per heavy atom. The number of rotatable bonds is 37. The number of carboxylic acid groups (broad SMARTS) is 2. The van der Waals surface area contributed by atoms with Crippen molar-refractivity contribution in [1.82, 2.24) is 47.9 Å². The minimum atomic E-state index is -1.74. The largest absolute Gasteiger partial charge is 0.508 e. The second-order valence-electron chi connectivity index (χ2n) is 19.8. The van der Waals surface area contributed by atoms with Crippen LogP contribution in [-0.4, -0.2) is 155 Å². The van der Waals surface area contributed by atoms with Crippen LogP contribution in [0.4, 0.5) is 0 Å². The van der Waals surface area contributed by atoms with Crippen LogP contribution in [0.25, 0.3) is 0 Å². The predicted molar refractivity (Wildman–Crippen MR) is 290 cm³/mol. The van der Waals surface area contributed by atoms with Crippen molar-refractivity contribution >= 4 is 65.1 Å². The van der Waals surface area contributed by atoms with Crippen molar-refractivity contribution in [3.05, 3.63) is 65.7 Å². The lowest BCUT2D eigenvalue weighted by Gasteiger charge is -2.29. The van der Waals surface area contributed by atoms with Crippen LogP contribution in [0.15, 0.2) is 54.6 Å². The Hall–Kier alpha value is -7.71. The molecule has 0 unspecified atom stereocenters. The highest BCUT2D eigenvalue weighted by Gasteiger charge is 2.36. The molecule has 0 heterocycles. The quantitative estimate of drug-likeness (QED) is 0.0327. The summed E-state index contributed by atoms with van der Waals surface area (Å²) in [5, 5.41) is 51.3. The lowest BCUT2D eigenvalue weighted by Crippen LogP contribution is -2.60. The highest BCUT2D eigenvalue weighted by molar-refractivity contribution is 5.98. The van der Waals surface area contributed by atoms with Crippen LogP contribution in [0.2, 0.25) is 0 Å². The summed E-state index contributed by atoms with van der Waals surface area (Å²) in [4.78, 5) is 145. The molecule has 26 heteroatoms. The first kappa shape index (κ1) is 67.4. The van der Waals surface area contributed by atoms with Crippen molar-refractivity contribution in [2.75, 3.05) is 26.2 Å². The number of hydrogen-bond acceptors (Lipinski definition) is 15. The summed E-state index contributed by atoms with van der Waals surface area (Å²) in [5.74, 6) is -11.2. The summed E-state index contributed by atoms with van der Waals surface area (Å²) in [7, 11) is 0. The third-order valence-electron chi connectivity index (χ3n) is 12.6. The SMILES string of the molecule is CC[C@H](C)[C@H](NC(=O)[C@@H](N)Cc1ccccc1)C(=O)N[C@@H](CC(=O)O)C(=O)N[C@@H](CC(C)C)C(=O)N[C@@H](CCCCN)C(=O)N[C@@H](Cc1ccc(O)cc1)C(=O)NCC(=O)N[C@@H](CCCCN)C(=O)NCC(=O)N[C@@H](C)C(=O)O. The van der Waals surface area contributed by atoms with E-state index in [2.05, 4.69) is 47.9 Å². The molecule has 18 N–H and O–H groups in total. The normalized spacial score (nSPS) is 14.4. The number of unbranched alkanes of at least 4 members (excludes halogenated alkanes) is 2. The van der Waals surface area contributed by atoms with Crippen molar-refractivity contribution in [3.63, 3.8) is 0 Å². The smallest absolute Gasteiger partial charge is 0.325 e. The van der Waals surface area contributed by atoms with Crippen LogP contribution in [0.5, 0.6) is 5.75 Å². The molecule has 2 aromatic rings. The van der Waals surface area contributed by atoms with Gasteiger partial charge in [-0.15, -0.1) is 0 Å². The van der Waals surface area contributed by atoms with Crippen LogP contribution >= 0.6 is 0 Å². The molecule has 0 spiro atoms. The fourth-order valence-electron chi connectivity index (χ4n) is 7.87. The van der Waals surface area contributed by atoms with Gasteiger partial charge in [-0.1, -0.05) is 76.6 Å². The molecule has 2 aromatic carbocycles. The number of nitrogens with one attached hydrogen (secondary N) is 9. The van der Waals surface area contributed by atoms with Gasteiger partial charge in [0.25, 0.3) is 0 Å². The van der Waals surface area contributed by atoms with Gasteiger partial charge in [0.1, 0.15) is 48.0 Å². The zero-order chi connectivity index (χ0) is 59.2. The van der Waals surface area contributed by atoms with E-state index in [1.807, 2.05) is 0 Å². The van der Waals surface area contributed by atoms with Crippen LogP contribution in [0.3, 0.4) is 0 Å². The molecule has 79 heavy (non-hydrogen) atoms. The molecule has 0 aromatic heterocycles. The van der Waals surface area contributed by atoms with E-state index in [0.717, 1.165) is 5.56 Å². The number of hydrogen-bond donors (Lipinski definition) is 15. The van der Waals surface area contributed by atoms with E-state index in [9.17, 15) is 63.0 Å². The number of carbonyl (C=O) groups excluding carboxylic acids is 9. The number of phenols is 1. The number of phenolic OH excluding ortho intramolecular Hbond substituents is 1. The third kappa shape index (κ3) is 26.0. The molecule has 0 bridgehead atoms. The lowest BCUT2D eigenvalue weighted by molar-refractivity contribution is -0.142. The minimum Gasteiger partial charge on any atom is -0.508 e. The monoisotopic (exact) mass is 1110 g/mol. The van der Waals surface area contributed by atoms with Gasteiger partial charge in [-0.05, 0) is 106 Å². The number of aliphatic carboxylic acids is 2. The summed E-state index contributed by atoms with van der Waals surface area (Å²) >= 11 is 0. The van der Waals surface area contributed by atoms with E-state index >= 15 is 0 Å². The van der Waals surface area contributed by atoms with Crippen LogP contribution in [-0.2, 0) is 65.6 Å². The van der Waals surface area contributed by atoms with Crippen molar-refractivity contribution in [1.29, 1.82) is 0 Å². The molecule has 0 saturated heterocycles. The van der Waals surface area contributed by atoms with Gasteiger partial charge in [0.2, 0.25) is 53.2 Å². The summed E-state index contributed by atoms with van der Waals surface area (Å²) in [6.07, 6.45) is 1.05. The highest BCUT2D eigenvalue weighted by atomic mass is 16.4. The Morgan fingerprint density at radius 3 is 1.53 bits per heavy atom. The van der Waals surface area contributed by atoms with Crippen LogP contribution < -0.4 is 65.1 Å². The van der Waals surface area contributed by atoms with E-state index in [0.29, 0.717) is 37.7 Å². The zero-order valence-electron chi connectivity index (χ0n) is 45.6. The molecule has 0 aliphatic rings. The second kappa shape index (κ2) is 35.7. The van der Waals surface area contributed by atoms with E-state index in [-0.39, 0.29) is 56.9 Å². The molecular weight excluding hydrogens is 1030 g/mol. The first-order valence-electron chi connectivity index (χ1n) is 26.5. The first-order valence-corrected chi connectivity index (χ1v) is 26.5. The first-order chi connectivity index (χ1) is 37.4. The zero-order valence-corrected chi connectivity index (χ0v) is 45.6. The topological polar surface area (TPSA) is 435 Å². The van der Waals surface area contributed by atoms with Crippen molar-refractivity contribution in [3.8, 4) is 5.75 Å². The molecular formula is C53H82N12O14. The Bertz CT molecular complexity index is 2340. The highest BCUT2D eigenvalue weighted by Crippen LogP contribution is 2.15. The fourth-order valence-corrected chi connectivity index (χ4v) is 7.87. The van der Waals surface area contributed by atoms with Crippen molar-refractivity contribution < 1.29 is 68.1 Å². The molecule has 26 nitrogen and oxygen atoms in total. The Kier molecular flexibility index (Phi) is 30.4. The van der Waals surface area contributed by atoms with E-state index < -0.39 is 139 Å². The lowest BCUT2D eigenvalue weighted by atomic mass is 9.96. The Balaban J connectivity index is 2.36. The molecule has 9 amide bonds. The molecule has 9 atom stereocenters. The summed E-state index contributed by atoms with van der Waals surface area (Å²) in [6, 6.07) is 3.97. The maximum atomic E-state index is 14.3. The third-order valence-corrected chi connectivity index (χ3v) is 12.6. The van der Waals surface area contributed by atoms with E-state index in [4.69, 9.17) is 22.3 Å². The summed E-state index contributed by atoms with van der Waals surface area (Å²) < 4.78 is 0. The number of amides is 9. The molecule has 0 aliphatic heterocycles. The van der Waals surface area contributed by atoms with Gasteiger partial charge in [-0.25, -0.2) is 0 Å². The molecule has 0 fully saturated rings. The van der Waals surface area contributed by atoms with Crippen LogP contribution in [0, 0.1) is 11.8 Å². The van der Waals surface area contributed by atoms with Gasteiger partial charge in [-0.3, -0.25) is 52.7 Å². The molecule has 2 rings (SSSR count). The van der Waals surface area contributed by atoms with Gasteiger partial charge in [0.05, 0.1) is 25.6 Å². The minimum absolute atomic E-state index is 0.0175. The van der Waals surface area contributed by atoms with Crippen LogP contribution in [0.1, 0.15) is 104 Å². The van der Waals surface area contributed by atoms with E-state index in [1.165, 1.54) is 31.2 Å². The number of aromatic hydroxyl groups is 1. The van der Waals surface area contributed by atoms with Gasteiger partial charge in [0.15, 0.2) is 0 Å². The maximum Gasteiger partial charge on any atom is 0.325 e. The average Bonchev–Trinajstić information content (AvgIpc) is 3.40. The number of carbonyl (C=O) groups is 11. The number of nitrogens with two attached hydrogens (primary N) is 3.